The highest BCUT2D eigenvalue weighted by atomic mass is 16.3. The van der Waals surface area contributed by atoms with E-state index >= 15 is 0 Å². The molecule has 0 fully saturated rings. The molecule has 2 heterocycles. The predicted molar refractivity (Wildman–Crippen MR) is 179 cm³/mol. The largest absolute Gasteiger partial charge is 0.456 e. The molecule has 3 heteroatoms. The first-order valence-electron chi connectivity index (χ1n) is 14.5. The van der Waals surface area contributed by atoms with Gasteiger partial charge in [0, 0.05) is 32.9 Å². The fourth-order valence-corrected chi connectivity index (χ4v) is 6.43. The molecular weight excluding hydrogens is 526 g/mol. The van der Waals surface area contributed by atoms with E-state index in [-0.39, 0.29) is 0 Å². The molecule has 202 valence electrons. The molecule has 0 saturated heterocycles. The van der Waals surface area contributed by atoms with Crippen molar-refractivity contribution < 1.29 is 8.83 Å². The second-order valence-corrected chi connectivity index (χ2v) is 10.9. The van der Waals surface area contributed by atoms with E-state index in [9.17, 15) is 0 Å². The van der Waals surface area contributed by atoms with Crippen molar-refractivity contribution in [2.75, 3.05) is 4.90 Å². The van der Waals surface area contributed by atoms with Crippen molar-refractivity contribution in [3.05, 3.63) is 152 Å². The smallest absolute Gasteiger partial charge is 0.143 e. The lowest BCUT2D eigenvalue weighted by molar-refractivity contribution is 0.669. The molecule has 0 aliphatic carbocycles. The summed E-state index contributed by atoms with van der Waals surface area (Å²) in [5.74, 6) is 0. The first-order valence-corrected chi connectivity index (χ1v) is 14.5. The van der Waals surface area contributed by atoms with Crippen molar-refractivity contribution in [1.82, 2.24) is 0 Å². The Morgan fingerprint density at radius 2 is 1.09 bits per heavy atom. The monoisotopic (exact) mass is 551 g/mol. The molecule has 0 aliphatic heterocycles. The number of nitrogens with zero attached hydrogens (tertiary/aromatic N) is 1. The first kappa shape index (κ1) is 23.9. The summed E-state index contributed by atoms with van der Waals surface area (Å²) in [7, 11) is 0. The fourth-order valence-electron chi connectivity index (χ4n) is 6.43. The summed E-state index contributed by atoms with van der Waals surface area (Å²) in [6, 6.07) is 53.1. The van der Waals surface area contributed by atoms with Crippen LogP contribution in [0.5, 0.6) is 0 Å². The van der Waals surface area contributed by atoms with Crippen LogP contribution in [0.4, 0.5) is 17.1 Å². The Balaban J connectivity index is 1.21. The van der Waals surface area contributed by atoms with Crippen LogP contribution in [0.25, 0.3) is 65.8 Å². The van der Waals surface area contributed by atoms with Crippen LogP contribution in [0.15, 0.2) is 160 Å². The number of hydrogen-bond acceptors (Lipinski definition) is 3. The minimum Gasteiger partial charge on any atom is -0.456 e. The minimum absolute atomic E-state index is 0.877. The zero-order valence-electron chi connectivity index (χ0n) is 23.2. The summed E-state index contributed by atoms with van der Waals surface area (Å²) < 4.78 is 12.6. The summed E-state index contributed by atoms with van der Waals surface area (Å²) in [5, 5.41) is 6.79. The highest BCUT2D eigenvalue weighted by Gasteiger charge is 2.20. The number of para-hydroxylation sites is 2. The van der Waals surface area contributed by atoms with Crippen LogP contribution in [0.3, 0.4) is 0 Å². The van der Waals surface area contributed by atoms with E-state index in [0.29, 0.717) is 0 Å². The molecule has 0 bridgehead atoms. The number of rotatable bonds is 4. The van der Waals surface area contributed by atoms with E-state index < -0.39 is 0 Å². The van der Waals surface area contributed by atoms with Crippen LogP contribution in [0, 0.1) is 0 Å². The lowest BCUT2D eigenvalue weighted by Gasteiger charge is -2.26. The van der Waals surface area contributed by atoms with Crippen molar-refractivity contribution >= 4 is 71.7 Å². The van der Waals surface area contributed by atoms with E-state index in [1.807, 2.05) is 12.1 Å². The standard InChI is InChI=1S/C40H25NO2/c1-2-10-29(11-3-1)41(35-14-8-16-38-39(35)33-23-19-27-9-4-5-12-31(27)40(33)43-38)30-21-17-26(18-22-30)28-20-24-37-34(25-28)32-13-6-7-15-36(32)42-37/h1-25H. The molecule has 9 aromatic rings. The van der Waals surface area contributed by atoms with Gasteiger partial charge in [-0.2, -0.15) is 0 Å². The SMILES string of the molecule is c1ccc(N(c2ccc(-c3ccc4oc5ccccc5c4c3)cc2)c2cccc3oc4c5ccccc5ccc4c23)cc1. The van der Waals surface area contributed by atoms with Gasteiger partial charge < -0.3 is 13.7 Å². The summed E-state index contributed by atoms with van der Waals surface area (Å²) in [6.45, 7) is 0. The van der Waals surface area contributed by atoms with Crippen molar-refractivity contribution in [2.45, 2.75) is 0 Å². The van der Waals surface area contributed by atoms with Gasteiger partial charge in [-0.15, -0.1) is 0 Å². The van der Waals surface area contributed by atoms with Gasteiger partial charge in [-0.05, 0) is 77.2 Å². The lowest BCUT2D eigenvalue weighted by Crippen LogP contribution is -2.10. The Morgan fingerprint density at radius 1 is 0.395 bits per heavy atom. The molecule has 3 nitrogen and oxygen atoms in total. The van der Waals surface area contributed by atoms with E-state index in [4.69, 9.17) is 8.83 Å². The van der Waals surface area contributed by atoms with Gasteiger partial charge in [-0.1, -0.05) is 91.0 Å². The molecule has 2 aromatic heterocycles. The fraction of sp³-hybridized carbons (Fsp3) is 0. The molecule has 43 heavy (non-hydrogen) atoms. The Hall–Kier alpha value is -5.80. The predicted octanol–water partition coefficient (Wildman–Crippen LogP) is 11.8. The van der Waals surface area contributed by atoms with Gasteiger partial charge in [-0.3, -0.25) is 0 Å². The molecule has 9 rings (SSSR count). The number of furan rings is 2. The topological polar surface area (TPSA) is 29.5 Å². The third-order valence-corrected chi connectivity index (χ3v) is 8.46. The summed E-state index contributed by atoms with van der Waals surface area (Å²) in [4.78, 5) is 2.32. The third-order valence-electron chi connectivity index (χ3n) is 8.46. The maximum Gasteiger partial charge on any atom is 0.143 e. The molecule has 0 saturated carbocycles. The highest BCUT2D eigenvalue weighted by Crippen LogP contribution is 2.44. The molecule has 0 aliphatic rings. The molecule has 0 spiro atoms. The van der Waals surface area contributed by atoms with Crippen LogP contribution >= 0.6 is 0 Å². The van der Waals surface area contributed by atoms with Gasteiger partial charge >= 0.3 is 0 Å². The zero-order chi connectivity index (χ0) is 28.3. The highest BCUT2D eigenvalue weighted by molar-refractivity contribution is 6.19. The minimum atomic E-state index is 0.877. The second kappa shape index (κ2) is 9.37. The van der Waals surface area contributed by atoms with E-state index in [1.54, 1.807) is 0 Å². The molecule has 0 unspecified atom stereocenters. The summed E-state index contributed by atoms with van der Waals surface area (Å²) in [5.41, 5.74) is 9.18. The van der Waals surface area contributed by atoms with Crippen molar-refractivity contribution in [2.24, 2.45) is 0 Å². The quantitative estimate of drug-likeness (QED) is 0.218. The van der Waals surface area contributed by atoms with E-state index in [1.165, 1.54) is 5.39 Å². The molecule has 7 aromatic carbocycles. The van der Waals surface area contributed by atoms with Gasteiger partial charge in [0.15, 0.2) is 0 Å². The number of anilines is 3. The maximum absolute atomic E-state index is 6.53. The Kier molecular flexibility index (Phi) is 5.20. The second-order valence-electron chi connectivity index (χ2n) is 10.9. The Bertz CT molecular complexity index is 2450. The Morgan fingerprint density at radius 3 is 1.98 bits per heavy atom. The molecule has 0 amide bonds. The molecule has 0 radical (unpaired) electrons. The van der Waals surface area contributed by atoms with Crippen LogP contribution in [0.1, 0.15) is 0 Å². The van der Waals surface area contributed by atoms with Gasteiger partial charge in [0.1, 0.15) is 22.3 Å². The number of fused-ring (bicyclic) bond motifs is 8. The van der Waals surface area contributed by atoms with Crippen LogP contribution in [-0.2, 0) is 0 Å². The lowest BCUT2D eigenvalue weighted by atomic mass is 10.0. The van der Waals surface area contributed by atoms with E-state index in [0.717, 1.165) is 77.5 Å². The summed E-state index contributed by atoms with van der Waals surface area (Å²) in [6.07, 6.45) is 0. The van der Waals surface area contributed by atoms with Crippen molar-refractivity contribution in [3.63, 3.8) is 0 Å². The average Bonchev–Trinajstić information content (AvgIpc) is 3.65. The van der Waals surface area contributed by atoms with Crippen molar-refractivity contribution in [1.29, 1.82) is 0 Å². The Labute approximate surface area is 247 Å². The number of benzene rings is 7. The van der Waals surface area contributed by atoms with Crippen molar-refractivity contribution in [3.8, 4) is 11.1 Å². The van der Waals surface area contributed by atoms with Crippen LogP contribution < -0.4 is 4.90 Å². The normalized spacial score (nSPS) is 11.7. The third kappa shape index (κ3) is 3.75. The maximum atomic E-state index is 6.53. The summed E-state index contributed by atoms with van der Waals surface area (Å²) >= 11 is 0. The van der Waals surface area contributed by atoms with Crippen LogP contribution in [-0.4, -0.2) is 0 Å². The van der Waals surface area contributed by atoms with Crippen LogP contribution in [0.2, 0.25) is 0 Å². The van der Waals surface area contributed by atoms with E-state index in [2.05, 4.69) is 144 Å². The zero-order valence-corrected chi connectivity index (χ0v) is 23.2. The molecular formula is C40H25NO2. The molecule has 0 N–H and O–H groups in total. The average molecular weight is 552 g/mol. The first-order chi connectivity index (χ1) is 21.3. The van der Waals surface area contributed by atoms with Gasteiger partial charge in [0.2, 0.25) is 0 Å². The van der Waals surface area contributed by atoms with Gasteiger partial charge in [0.05, 0.1) is 11.1 Å². The number of hydrogen-bond donors (Lipinski definition) is 0. The van der Waals surface area contributed by atoms with Gasteiger partial charge in [0.25, 0.3) is 0 Å². The molecule has 0 atom stereocenters. The van der Waals surface area contributed by atoms with Gasteiger partial charge in [-0.25, -0.2) is 0 Å².